The minimum atomic E-state index is -4.19. The second-order valence-corrected chi connectivity index (χ2v) is 12.0. The fourth-order valence-corrected chi connectivity index (χ4v) is 5.88. The molecule has 0 saturated carbocycles. The smallest absolute Gasteiger partial charge is 0.264 e. The summed E-state index contributed by atoms with van der Waals surface area (Å²) in [7, 11) is -2.75. The molecule has 0 aliphatic carbocycles. The monoisotopic (exact) mass is 585 g/mol. The van der Waals surface area contributed by atoms with E-state index in [4.69, 9.17) is 16.3 Å². The number of methoxy groups -OCH3 is 1. The molecule has 1 N–H and O–H groups in total. The number of benzene rings is 3. The first-order chi connectivity index (χ1) is 19.0. The molecule has 0 spiro atoms. The molecule has 0 radical (unpaired) electrons. The van der Waals surface area contributed by atoms with Crippen LogP contribution in [0.2, 0.25) is 5.02 Å². The van der Waals surface area contributed by atoms with E-state index < -0.39 is 28.5 Å². The Morgan fingerprint density at radius 2 is 1.65 bits per heavy atom. The van der Waals surface area contributed by atoms with Crippen LogP contribution in [0.3, 0.4) is 0 Å². The van der Waals surface area contributed by atoms with Crippen LogP contribution in [0.25, 0.3) is 0 Å². The molecular formula is C30H36ClN3O5S. The first-order valence-corrected chi connectivity index (χ1v) is 14.9. The molecule has 10 heteroatoms. The molecule has 0 saturated heterocycles. The first-order valence-electron chi connectivity index (χ1n) is 13.0. The highest BCUT2D eigenvalue weighted by Gasteiger charge is 2.35. The number of aryl methyl sites for hydroxylation is 1. The van der Waals surface area contributed by atoms with Crippen LogP contribution in [0.5, 0.6) is 5.75 Å². The van der Waals surface area contributed by atoms with E-state index in [2.05, 4.69) is 5.32 Å². The Morgan fingerprint density at radius 3 is 2.23 bits per heavy atom. The fourth-order valence-electron chi connectivity index (χ4n) is 4.31. The van der Waals surface area contributed by atoms with Gasteiger partial charge in [-0.2, -0.15) is 0 Å². The van der Waals surface area contributed by atoms with E-state index >= 15 is 0 Å². The van der Waals surface area contributed by atoms with Gasteiger partial charge in [-0.25, -0.2) is 8.42 Å². The highest BCUT2D eigenvalue weighted by atomic mass is 35.5. The van der Waals surface area contributed by atoms with Gasteiger partial charge in [0.1, 0.15) is 18.3 Å². The maximum atomic E-state index is 14.1. The van der Waals surface area contributed by atoms with Crippen molar-refractivity contribution in [1.29, 1.82) is 0 Å². The lowest BCUT2D eigenvalue weighted by atomic mass is 10.1. The van der Waals surface area contributed by atoms with Crippen LogP contribution in [-0.4, -0.2) is 50.9 Å². The predicted octanol–water partition coefficient (Wildman–Crippen LogP) is 5.18. The summed E-state index contributed by atoms with van der Waals surface area (Å²) in [4.78, 5) is 28.8. The average Bonchev–Trinajstić information content (AvgIpc) is 2.92. The molecule has 0 bridgehead atoms. The lowest BCUT2D eigenvalue weighted by molar-refractivity contribution is -0.140. The molecule has 0 aromatic heterocycles. The van der Waals surface area contributed by atoms with Crippen molar-refractivity contribution < 1.29 is 22.7 Å². The largest absolute Gasteiger partial charge is 0.495 e. The molecule has 0 aliphatic heterocycles. The summed E-state index contributed by atoms with van der Waals surface area (Å²) in [6.07, 6.45) is 0.330. The van der Waals surface area contributed by atoms with Gasteiger partial charge in [0.05, 0.1) is 17.7 Å². The zero-order valence-electron chi connectivity index (χ0n) is 23.4. The van der Waals surface area contributed by atoms with Gasteiger partial charge in [0.15, 0.2) is 0 Å². The van der Waals surface area contributed by atoms with Gasteiger partial charge in [0, 0.05) is 17.6 Å². The van der Waals surface area contributed by atoms with E-state index in [1.165, 1.54) is 24.1 Å². The number of hydrogen-bond donors (Lipinski definition) is 1. The zero-order valence-corrected chi connectivity index (χ0v) is 25.0. The van der Waals surface area contributed by atoms with Crippen molar-refractivity contribution >= 4 is 39.1 Å². The minimum Gasteiger partial charge on any atom is -0.495 e. The molecular weight excluding hydrogens is 550 g/mol. The van der Waals surface area contributed by atoms with Gasteiger partial charge in [-0.05, 0) is 74.7 Å². The molecule has 0 heterocycles. The van der Waals surface area contributed by atoms with Crippen molar-refractivity contribution in [2.24, 2.45) is 0 Å². The quantitative estimate of drug-likeness (QED) is 0.316. The third-order valence-corrected chi connectivity index (χ3v) is 8.32. The number of nitrogens with one attached hydrogen (secondary N) is 1. The number of anilines is 1. The average molecular weight is 586 g/mol. The second kappa shape index (κ2) is 13.7. The molecule has 1 unspecified atom stereocenters. The number of hydrogen-bond acceptors (Lipinski definition) is 5. The summed E-state index contributed by atoms with van der Waals surface area (Å²) in [5.41, 5.74) is 1.77. The summed E-state index contributed by atoms with van der Waals surface area (Å²) in [5, 5.41) is 3.42. The topological polar surface area (TPSA) is 96.0 Å². The molecule has 1 atom stereocenters. The molecule has 3 rings (SSSR count). The van der Waals surface area contributed by atoms with Crippen molar-refractivity contribution in [3.63, 3.8) is 0 Å². The Balaban J connectivity index is 2.12. The van der Waals surface area contributed by atoms with E-state index in [-0.39, 0.29) is 29.1 Å². The summed E-state index contributed by atoms with van der Waals surface area (Å²) in [6.45, 7) is 6.87. The van der Waals surface area contributed by atoms with Crippen molar-refractivity contribution in [3.05, 3.63) is 88.9 Å². The van der Waals surface area contributed by atoms with E-state index in [0.29, 0.717) is 17.2 Å². The molecule has 8 nitrogen and oxygen atoms in total. The number of halogens is 1. The maximum Gasteiger partial charge on any atom is 0.264 e. The highest BCUT2D eigenvalue weighted by molar-refractivity contribution is 7.92. The number of ether oxygens (including phenoxy) is 1. The van der Waals surface area contributed by atoms with E-state index in [0.717, 1.165) is 15.4 Å². The number of carbonyl (C=O) groups is 2. The Labute approximate surface area is 241 Å². The summed E-state index contributed by atoms with van der Waals surface area (Å²) < 4.78 is 34.5. The van der Waals surface area contributed by atoms with Crippen LogP contribution in [0.4, 0.5) is 5.69 Å². The van der Waals surface area contributed by atoms with Gasteiger partial charge >= 0.3 is 0 Å². The van der Waals surface area contributed by atoms with E-state index in [9.17, 15) is 18.0 Å². The van der Waals surface area contributed by atoms with Crippen LogP contribution in [0, 0.1) is 6.92 Å². The lowest BCUT2D eigenvalue weighted by Crippen LogP contribution is -2.53. The number of sulfonamides is 1. The second-order valence-electron chi connectivity index (χ2n) is 9.74. The molecule has 2 amide bonds. The van der Waals surface area contributed by atoms with Gasteiger partial charge in [0.25, 0.3) is 10.0 Å². The highest BCUT2D eigenvalue weighted by Crippen LogP contribution is 2.33. The minimum absolute atomic E-state index is 0.0280. The van der Waals surface area contributed by atoms with Crippen LogP contribution >= 0.6 is 11.6 Å². The number of carbonyl (C=O) groups excluding carboxylic acids is 2. The van der Waals surface area contributed by atoms with Crippen molar-refractivity contribution in [2.75, 3.05) is 18.0 Å². The molecule has 40 heavy (non-hydrogen) atoms. The van der Waals surface area contributed by atoms with Crippen LogP contribution in [-0.2, 0) is 26.2 Å². The van der Waals surface area contributed by atoms with Crippen LogP contribution in [0.1, 0.15) is 38.3 Å². The molecule has 214 valence electrons. The lowest BCUT2D eigenvalue weighted by Gasteiger charge is -2.34. The Hall–Kier alpha value is -3.56. The Kier molecular flexibility index (Phi) is 10.6. The Morgan fingerprint density at radius 1 is 1.00 bits per heavy atom. The first kappa shape index (κ1) is 31.0. The summed E-state index contributed by atoms with van der Waals surface area (Å²) in [5.74, 6) is -0.555. The molecule has 0 aliphatic rings. The normalized spacial score (nSPS) is 12.1. The van der Waals surface area contributed by atoms with Crippen molar-refractivity contribution in [1.82, 2.24) is 10.2 Å². The van der Waals surface area contributed by atoms with Gasteiger partial charge in [-0.3, -0.25) is 13.9 Å². The summed E-state index contributed by atoms with van der Waals surface area (Å²) in [6, 6.07) is 19.0. The number of amides is 2. The third-order valence-electron chi connectivity index (χ3n) is 6.30. The zero-order chi connectivity index (χ0) is 29.4. The van der Waals surface area contributed by atoms with Crippen molar-refractivity contribution in [2.45, 2.75) is 57.6 Å². The third kappa shape index (κ3) is 7.55. The van der Waals surface area contributed by atoms with Gasteiger partial charge in [-0.1, -0.05) is 54.9 Å². The number of nitrogens with zero attached hydrogens (tertiary/aromatic N) is 2. The fraction of sp³-hybridized carbons (Fsp3) is 0.333. The predicted molar refractivity (Wildman–Crippen MR) is 158 cm³/mol. The molecule has 3 aromatic carbocycles. The van der Waals surface area contributed by atoms with E-state index in [1.807, 2.05) is 27.7 Å². The van der Waals surface area contributed by atoms with Crippen molar-refractivity contribution in [3.8, 4) is 5.75 Å². The number of rotatable bonds is 12. The van der Waals surface area contributed by atoms with Gasteiger partial charge < -0.3 is 15.0 Å². The molecule has 0 fully saturated rings. The van der Waals surface area contributed by atoms with Crippen LogP contribution in [0.15, 0.2) is 77.7 Å². The van der Waals surface area contributed by atoms with Crippen LogP contribution < -0.4 is 14.4 Å². The van der Waals surface area contributed by atoms with Gasteiger partial charge in [-0.15, -0.1) is 0 Å². The molecule has 3 aromatic rings. The standard InChI is InChI=1S/C30H36ClN3O5S/c1-6-26(30(36)32-21(2)3)33(19-23-13-15-24(31)16-14-23)29(35)20-34(27-18-22(4)12-17-28(27)39-5)40(37,38)25-10-8-7-9-11-25/h7-18,21,26H,6,19-20H2,1-5H3,(H,32,36). The maximum absolute atomic E-state index is 14.1. The summed E-state index contributed by atoms with van der Waals surface area (Å²) >= 11 is 6.06. The Bertz CT molecular complexity index is 1410. The van der Waals surface area contributed by atoms with Gasteiger partial charge in [0.2, 0.25) is 11.8 Å². The SMILES string of the molecule is CCC(C(=O)NC(C)C)N(Cc1ccc(Cl)cc1)C(=O)CN(c1cc(C)ccc1OC)S(=O)(=O)c1ccccc1. The van der Waals surface area contributed by atoms with E-state index in [1.54, 1.807) is 60.7 Å².